The number of hydrogen-bond acceptors (Lipinski definition) is 4. The van der Waals surface area contributed by atoms with Gasteiger partial charge in [0.25, 0.3) is 11.8 Å². The van der Waals surface area contributed by atoms with Crippen LogP contribution in [-0.4, -0.2) is 59.8 Å². The van der Waals surface area contributed by atoms with Crippen LogP contribution in [0, 0.1) is 11.8 Å². The molecule has 1 aliphatic carbocycles. The average molecular weight is 404 g/mol. The molecule has 2 aliphatic rings. The van der Waals surface area contributed by atoms with E-state index in [4.69, 9.17) is 9.47 Å². The first-order valence-electron chi connectivity index (χ1n) is 10.4. The number of carbonyl (C=O) groups is 2. The van der Waals surface area contributed by atoms with Gasteiger partial charge in [0.15, 0.2) is 7.85 Å². The maximum atomic E-state index is 12.8. The van der Waals surface area contributed by atoms with Crippen LogP contribution in [0.5, 0.6) is 5.75 Å². The van der Waals surface area contributed by atoms with Crippen LogP contribution in [0.15, 0.2) is 42.5 Å². The molecular formula is C22H26B2N2O4. The van der Waals surface area contributed by atoms with E-state index in [0.29, 0.717) is 41.9 Å². The first-order valence-corrected chi connectivity index (χ1v) is 10.4. The normalized spacial score (nSPS) is 22.6. The van der Waals surface area contributed by atoms with E-state index in [2.05, 4.69) is 22.8 Å². The van der Waals surface area contributed by atoms with Crippen LogP contribution in [0.4, 0.5) is 0 Å². The molecule has 3 atom stereocenters. The average Bonchev–Trinajstić information content (AvgIpc) is 3.15. The molecule has 1 aliphatic heterocycles. The number of nitrogens with one attached hydrogen (secondary N) is 2. The molecule has 6 nitrogen and oxygen atoms in total. The zero-order chi connectivity index (χ0) is 21.3. The van der Waals surface area contributed by atoms with Crippen LogP contribution in [-0.2, 0) is 11.2 Å². The van der Waals surface area contributed by atoms with Gasteiger partial charge in [-0.2, -0.15) is 0 Å². The van der Waals surface area contributed by atoms with E-state index in [9.17, 15) is 9.59 Å². The van der Waals surface area contributed by atoms with Crippen molar-refractivity contribution < 1.29 is 19.1 Å². The van der Waals surface area contributed by atoms with Gasteiger partial charge in [0.2, 0.25) is 0 Å². The van der Waals surface area contributed by atoms with Gasteiger partial charge in [-0.15, -0.1) is 0 Å². The van der Waals surface area contributed by atoms with Crippen molar-refractivity contribution in [3.8, 4) is 5.75 Å². The number of fused-ring (bicyclic) bond motifs is 1. The molecule has 2 aromatic carbocycles. The van der Waals surface area contributed by atoms with E-state index < -0.39 is 0 Å². The number of benzene rings is 2. The summed E-state index contributed by atoms with van der Waals surface area (Å²) in [6.45, 7) is 1.43. The van der Waals surface area contributed by atoms with Crippen molar-refractivity contribution in [1.29, 1.82) is 0 Å². The lowest BCUT2D eigenvalue weighted by atomic mass is 9.88. The van der Waals surface area contributed by atoms with Gasteiger partial charge in [-0.3, -0.25) is 9.59 Å². The molecule has 1 saturated carbocycles. The van der Waals surface area contributed by atoms with Crippen LogP contribution in [0.2, 0.25) is 0 Å². The van der Waals surface area contributed by atoms with E-state index in [1.54, 1.807) is 19.2 Å². The Morgan fingerprint density at radius 1 is 1.17 bits per heavy atom. The molecule has 2 aromatic rings. The van der Waals surface area contributed by atoms with Crippen LogP contribution in [0.1, 0.15) is 26.3 Å². The summed E-state index contributed by atoms with van der Waals surface area (Å²) in [5.41, 5.74) is 2.78. The largest absolute Gasteiger partial charge is 0.499 e. The summed E-state index contributed by atoms with van der Waals surface area (Å²) in [5, 5.41) is 5.74. The number of rotatable bonds is 7. The van der Waals surface area contributed by atoms with Crippen molar-refractivity contribution in [2.24, 2.45) is 11.8 Å². The third kappa shape index (κ3) is 4.24. The first kappa shape index (κ1) is 20.5. The van der Waals surface area contributed by atoms with Crippen molar-refractivity contribution in [2.45, 2.75) is 18.5 Å². The second-order valence-electron chi connectivity index (χ2n) is 8.23. The van der Waals surface area contributed by atoms with Crippen molar-refractivity contribution in [3.05, 3.63) is 59.2 Å². The van der Waals surface area contributed by atoms with Crippen molar-refractivity contribution in [3.63, 3.8) is 0 Å². The summed E-state index contributed by atoms with van der Waals surface area (Å²) in [6.07, 6.45) is 0.724. The Morgan fingerprint density at radius 2 is 1.87 bits per heavy atom. The first-order chi connectivity index (χ1) is 14.5. The van der Waals surface area contributed by atoms with E-state index in [1.807, 2.05) is 33.9 Å². The topological polar surface area (TPSA) is 76.7 Å². The fraction of sp³-hybridized carbons (Fsp3) is 0.364. The maximum Gasteiger partial charge on any atom is 0.254 e. The van der Waals surface area contributed by atoms with Crippen molar-refractivity contribution >= 4 is 33.0 Å². The highest BCUT2D eigenvalue weighted by Gasteiger charge is 2.54. The van der Waals surface area contributed by atoms with E-state index in [-0.39, 0.29) is 23.9 Å². The quantitative estimate of drug-likeness (QED) is 0.597. The van der Waals surface area contributed by atoms with Gasteiger partial charge >= 0.3 is 0 Å². The molecular weight excluding hydrogens is 378 g/mol. The van der Waals surface area contributed by atoms with Gasteiger partial charge in [0.1, 0.15) is 13.6 Å². The van der Waals surface area contributed by atoms with E-state index >= 15 is 0 Å². The van der Waals surface area contributed by atoms with E-state index in [1.165, 1.54) is 5.56 Å². The molecule has 3 unspecified atom stereocenters. The highest BCUT2D eigenvalue weighted by atomic mass is 16.5. The summed E-state index contributed by atoms with van der Waals surface area (Å²) in [6, 6.07) is 13.6. The second kappa shape index (κ2) is 8.56. The lowest BCUT2D eigenvalue weighted by molar-refractivity contribution is 0.0929. The smallest absolute Gasteiger partial charge is 0.254 e. The lowest BCUT2D eigenvalue weighted by Gasteiger charge is -2.20. The summed E-state index contributed by atoms with van der Waals surface area (Å²) >= 11 is 0. The molecule has 2 N–H and O–H groups in total. The van der Waals surface area contributed by atoms with Gasteiger partial charge in [-0.1, -0.05) is 36.4 Å². The molecule has 1 heterocycles. The van der Waals surface area contributed by atoms with Gasteiger partial charge < -0.3 is 20.1 Å². The molecule has 8 heteroatoms. The molecule has 2 fully saturated rings. The molecule has 2 amide bonds. The number of hydrogen-bond donors (Lipinski definition) is 2. The highest BCUT2D eigenvalue weighted by Crippen LogP contribution is 2.44. The van der Waals surface area contributed by atoms with Crippen LogP contribution < -0.4 is 20.8 Å². The summed E-state index contributed by atoms with van der Waals surface area (Å²) in [7, 11) is 5.43. The minimum Gasteiger partial charge on any atom is -0.499 e. The standard InChI is InChI=1S/C22H26B2N2O4/c1-25-22(28)14-8-13(21(27)26-19-15-10-29-11-16(15)19)9-17(23)20(14)30-18(24)7-12-5-3-2-4-6-12/h2-6,8-9,15-16,18-19H,7,10-11,23-24H2,1H3,(H,25,28)(H,26,27). The fourth-order valence-corrected chi connectivity index (χ4v) is 4.24. The predicted molar refractivity (Wildman–Crippen MR) is 120 cm³/mol. The zero-order valence-electron chi connectivity index (χ0n) is 17.6. The number of ether oxygens (including phenoxy) is 2. The van der Waals surface area contributed by atoms with Crippen molar-refractivity contribution in [2.75, 3.05) is 20.3 Å². The molecule has 30 heavy (non-hydrogen) atoms. The Bertz CT molecular complexity index is 944. The van der Waals surface area contributed by atoms with Gasteiger partial charge in [0, 0.05) is 36.9 Å². The van der Waals surface area contributed by atoms with Gasteiger partial charge in [-0.25, -0.2) is 0 Å². The van der Waals surface area contributed by atoms with Gasteiger partial charge in [0.05, 0.1) is 24.8 Å². The molecule has 0 radical (unpaired) electrons. The second-order valence-corrected chi connectivity index (χ2v) is 8.23. The third-order valence-electron chi connectivity index (χ3n) is 5.94. The Labute approximate surface area is 178 Å². The van der Waals surface area contributed by atoms with Crippen LogP contribution >= 0.6 is 0 Å². The minimum absolute atomic E-state index is 0.125. The molecule has 0 spiro atoms. The van der Waals surface area contributed by atoms with Crippen molar-refractivity contribution in [1.82, 2.24) is 10.6 Å². The zero-order valence-corrected chi connectivity index (χ0v) is 17.6. The van der Waals surface area contributed by atoms with E-state index in [0.717, 1.165) is 11.9 Å². The lowest BCUT2D eigenvalue weighted by Crippen LogP contribution is -2.32. The van der Waals surface area contributed by atoms with Gasteiger partial charge in [-0.05, 0) is 17.1 Å². The van der Waals surface area contributed by atoms with Crippen LogP contribution in [0.3, 0.4) is 0 Å². The summed E-state index contributed by atoms with van der Waals surface area (Å²) < 4.78 is 11.6. The molecule has 4 rings (SSSR count). The number of amides is 2. The minimum atomic E-state index is -0.272. The molecule has 1 saturated heterocycles. The molecule has 0 bridgehead atoms. The third-order valence-corrected chi connectivity index (χ3v) is 5.94. The maximum absolute atomic E-state index is 12.8. The Balaban J connectivity index is 1.52. The highest BCUT2D eigenvalue weighted by molar-refractivity contribution is 6.35. The Hall–Kier alpha value is -2.73. The summed E-state index contributed by atoms with van der Waals surface area (Å²) in [5.74, 6) is 0.939. The Kier molecular flexibility index (Phi) is 5.86. The fourth-order valence-electron chi connectivity index (χ4n) is 4.24. The molecule has 154 valence electrons. The monoisotopic (exact) mass is 404 g/mol. The predicted octanol–water partition coefficient (Wildman–Crippen LogP) is -0.740. The SMILES string of the molecule is Bc1cc(C(=O)NC2C3COCC32)cc(C(=O)NC)c1OC(B)Cc1ccccc1. The number of carbonyl (C=O) groups excluding carboxylic acids is 2. The summed E-state index contributed by atoms with van der Waals surface area (Å²) in [4.78, 5) is 25.3. The van der Waals surface area contributed by atoms with Crippen LogP contribution in [0.25, 0.3) is 0 Å². The Morgan fingerprint density at radius 3 is 2.53 bits per heavy atom. The molecule has 0 aromatic heterocycles.